The molecule has 1 heterocycles. The zero-order valence-electron chi connectivity index (χ0n) is 16.6. The molecule has 1 amide bonds. The van der Waals surface area contributed by atoms with Crippen LogP contribution in [0.3, 0.4) is 0 Å². The molecule has 5 nitrogen and oxygen atoms in total. The van der Waals surface area contributed by atoms with Gasteiger partial charge in [-0.2, -0.15) is 5.26 Å². The zero-order valence-corrected chi connectivity index (χ0v) is 17.4. The van der Waals surface area contributed by atoms with Gasteiger partial charge in [0.05, 0.1) is 11.1 Å². The Hall–Kier alpha value is -2.78. The molecule has 150 valence electrons. The highest BCUT2D eigenvalue weighted by atomic mass is 32.2. The fourth-order valence-corrected chi connectivity index (χ4v) is 4.67. The number of likely N-dealkylation sites (tertiary alicyclic amines) is 1. The van der Waals surface area contributed by atoms with Crippen molar-refractivity contribution in [2.45, 2.75) is 30.1 Å². The van der Waals surface area contributed by atoms with Crippen LogP contribution in [0.15, 0.2) is 58.3 Å². The average molecular weight is 409 g/mol. The Morgan fingerprint density at radius 2 is 1.69 bits per heavy atom. The van der Waals surface area contributed by atoms with Gasteiger partial charge in [0.1, 0.15) is 6.07 Å². The predicted octanol–water partition coefficient (Wildman–Crippen LogP) is 4.37. The van der Waals surface area contributed by atoms with E-state index in [4.69, 9.17) is 4.74 Å². The quantitative estimate of drug-likeness (QED) is 0.687. The molecule has 0 radical (unpaired) electrons. The Morgan fingerprint density at radius 1 is 1.07 bits per heavy atom. The number of esters is 1. The van der Waals surface area contributed by atoms with E-state index in [1.165, 1.54) is 11.8 Å². The number of nitriles is 1. The Bertz CT molecular complexity index is 928. The number of benzene rings is 2. The highest BCUT2D eigenvalue weighted by molar-refractivity contribution is 7.99. The Morgan fingerprint density at radius 3 is 2.38 bits per heavy atom. The summed E-state index contributed by atoms with van der Waals surface area (Å²) < 4.78 is 5.34. The number of hydrogen-bond donors (Lipinski definition) is 0. The van der Waals surface area contributed by atoms with Crippen LogP contribution in [-0.4, -0.2) is 36.5 Å². The summed E-state index contributed by atoms with van der Waals surface area (Å²) in [4.78, 5) is 28.4. The standard InChI is InChI=1S/C23H24N2O3S/c1-16-11-17(2)14-25(13-16)22(26)15-28-23(27)19-8-4-6-10-21(19)29-20-9-5-3-7-18(20)12-24/h3-10,16-17H,11,13-15H2,1-2H3/t16-,17-/m0/s1. The molecule has 1 saturated heterocycles. The maximum Gasteiger partial charge on any atom is 0.339 e. The first-order valence-electron chi connectivity index (χ1n) is 9.68. The molecular formula is C23H24N2O3S. The van der Waals surface area contributed by atoms with Gasteiger partial charge >= 0.3 is 5.97 Å². The van der Waals surface area contributed by atoms with Gasteiger partial charge in [0.2, 0.25) is 0 Å². The summed E-state index contributed by atoms with van der Waals surface area (Å²) in [6.07, 6.45) is 1.11. The number of hydrogen-bond acceptors (Lipinski definition) is 5. The maximum absolute atomic E-state index is 12.7. The third kappa shape index (κ3) is 5.39. The monoisotopic (exact) mass is 408 g/mol. The molecule has 0 unspecified atom stereocenters. The van der Waals surface area contributed by atoms with Gasteiger partial charge in [0.25, 0.3) is 5.91 Å². The summed E-state index contributed by atoms with van der Waals surface area (Å²) in [7, 11) is 0. The van der Waals surface area contributed by atoms with Crippen molar-refractivity contribution < 1.29 is 14.3 Å². The number of amides is 1. The second kappa shape index (κ2) is 9.62. The molecule has 2 aromatic carbocycles. The number of carbonyl (C=O) groups is 2. The lowest BCUT2D eigenvalue weighted by Gasteiger charge is -2.34. The average Bonchev–Trinajstić information content (AvgIpc) is 2.72. The lowest BCUT2D eigenvalue weighted by atomic mass is 9.92. The van der Waals surface area contributed by atoms with E-state index in [0.717, 1.165) is 11.3 Å². The molecule has 29 heavy (non-hydrogen) atoms. The largest absolute Gasteiger partial charge is 0.452 e. The SMILES string of the molecule is C[C@H]1C[C@H](C)CN(C(=O)COC(=O)c2ccccc2Sc2ccccc2C#N)C1. The van der Waals surface area contributed by atoms with E-state index in [1.54, 1.807) is 29.2 Å². The third-order valence-electron chi connectivity index (χ3n) is 4.88. The minimum atomic E-state index is -0.533. The van der Waals surface area contributed by atoms with Gasteiger partial charge in [0, 0.05) is 22.9 Å². The molecule has 0 bridgehead atoms. The van der Waals surface area contributed by atoms with Crippen LogP contribution in [0.25, 0.3) is 0 Å². The summed E-state index contributed by atoms with van der Waals surface area (Å²) in [5, 5.41) is 9.28. The molecule has 0 aromatic heterocycles. The number of piperidine rings is 1. The van der Waals surface area contributed by atoms with Gasteiger partial charge in [-0.25, -0.2) is 4.79 Å². The van der Waals surface area contributed by atoms with Crippen molar-refractivity contribution in [3.8, 4) is 6.07 Å². The van der Waals surface area contributed by atoms with E-state index in [1.807, 2.05) is 24.3 Å². The summed E-state index contributed by atoms with van der Waals surface area (Å²) in [6.45, 7) is 5.42. The van der Waals surface area contributed by atoms with Crippen molar-refractivity contribution in [2.75, 3.05) is 19.7 Å². The molecule has 2 atom stereocenters. The molecule has 6 heteroatoms. The van der Waals surface area contributed by atoms with E-state index in [2.05, 4.69) is 19.9 Å². The fraction of sp³-hybridized carbons (Fsp3) is 0.348. The zero-order chi connectivity index (χ0) is 20.8. The molecule has 0 spiro atoms. The lowest BCUT2D eigenvalue weighted by molar-refractivity contribution is -0.137. The van der Waals surface area contributed by atoms with Crippen molar-refractivity contribution in [1.29, 1.82) is 5.26 Å². The highest BCUT2D eigenvalue weighted by Gasteiger charge is 2.26. The van der Waals surface area contributed by atoms with Gasteiger partial charge < -0.3 is 9.64 Å². The summed E-state index contributed by atoms with van der Waals surface area (Å²) in [5.74, 6) is 0.220. The Balaban J connectivity index is 1.67. The van der Waals surface area contributed by atoms with Crippen molar-refractivity contribution in [1.82, 2.24) is 4.90 Å². The lowest BCUT2D eigenvalue weighted by Crippen LogP contribution is -2.44. The van der Waals surface area contributed by atoms with Crippen LogP contribution < -0.4 is 0 Å². The molecule has 0 aliphatic carbocycles. The second-order valence-electron chi connectivity index (χ2n) is 7.53. The Kier molecular flexibility index (Phi) is 6.95. The first-order chi connectivity index (χ1) is 14.0. The van der Waals surface area contributed by atoms with Crippen LogP contribution in [0.2, 0.25) is 0 Å². The van der Waals surface area contributed by atoms with Crippen LogP contribution in [0, 0.1) is 23.2 Å². The summed E-state index contributed by atoms with van der Waals surface area (Å²) in [5.41, 5.74) is 0.933. The summed E-state index contributed by atoms with van der Waals surface area (Å²) in [6, 6.07) is 16.5. The summed E-state index contributed by atoms with van der Waals surface area (Å²) >= 11 is 1.34. The fourth-order valence-electron chi connectivity index (χ4n) is 3.65. The van der Waals surface area contributed by atoms with Crippen molar-refractivity contribution in [2.24, 2.45) is 11.8 Å². The number of ether oxygens (including phenoxy) is 1. The molecule has 1 fully saturated rings. The van der Waals surface area contributed by atoms with Gasteiger partial charge in [0.15, 0.2) is 6.61 Å². The van der Waals surface area contributed by atoms with Crippen molar-refractivity contribution in [3.05, 3.63) is 59.7 Å². The highest BCUT2D eigenvalue weighted by Crippen LogP contribution is 2.33. The Labute approximate surface area is 175 Å². The van der Waals surface area contributed by atoms with Gasteiger partial charge in [-0.15, -0.1) is 0 Å². The second-order valence-corrected chi connectivity index (χ2v) is 8.61. The minimum Gasteiger partial charge on any atom is -0.452 e. The maximum atomic E-state index is 12.7. The molecule has 1 aliphatic heterocycles. The molecule has 0 N–H and O–H groups in total. The molecular weight excluding hydrogens is 384 g/mol. The molecule has 0 saturated carbocycles. The molecule has 2 aromatic rings. The molecule has 1 aliphatic rings. The number of rotatable bonds is 5. The van der Waals surface area contributed by atoms with E-state index >= 15 is 0 Å². The van der Waals surface area contributed by atoms with Gasteiger partial charge in [-0.3, -0.25) is 4.79 Å². The first kappa shape index (κ1) is 20.9. The van der Waals surface area contributed by atoms with Crippen LogP contribution in [0.1, 0.15) is 36.2 Å². The predicted molar refractivity (Wildman–Crippen MR) is 112 cm³/mol. The topological polar surface area (TPSA) is 70.4 Å². The minimum absolute atomic E-state index is 0.156. The third-order valence-corrected chi connectivity index (χ3v) is 6.03. The number of carbonyl (C=O) groups excluding carboxylic acids is 2. The van der Waals surface area contributed by atoms with Crippen LogP contribution in [0.4, 0.5) is 0 Å². The first-order valence-corrected chi connectivity index (χ1v) is 10.5. The van der Waals surface area contributed by atoms with Crippen LogP contribution >= 0.6 is 11.8 Å². The number of nitrogens with zero attached hydrogens (tertiary/aromatic N) is 2. The van der Waals surface area contributed by atoms with Gasteiger partial charge in [-0.05, 0) is 42.5 Å². The van der Waals surface area contributed by atoms with E-state index in [0.29, 0.717) is 40.9 Å². The van der Waals surface area contributed by atoms with E-state index in [9.17, 15) is 14.9 Å². The smallest absolute Gasteiger partial charge is 0.339 e. The van der Waals surface area contributed by atoms with E-state index in [-0.39, 0.29) is 12.5 Å². The van der Waals surface area contributed by atoms with E-state index < -0.39 is 5.97 Å². The van der Waals surface area contributed by atoms with Crippen LogP contribution in [-0.2, 0) is 9.53 Å². The molecule has 3 rings (SSSR count). The normalized spacial score (nSPS) is 18.7. The van der Waals surface area contributed by atoms with Gasteiger partial charge in [-0.1, -0.05) is 49.9 Å². The van der Waals surface area contributed by atoms with Crippen molar-refractivity contribution in [3.63, 3.8) is 0 Å². The van der Waals surface area contributed by atoms with Crippen LogP contribution in [0.5, 0.6) is 0 Å². The van der Waals surface area contributed by atoms with Crippen molar-refractivity contribution >= 4 is 23.6 Å².